The van der Waals surface area contributed by atoms with Gasteiger partial charge in [0.2, 0.25) is 0 Å². The third-order valence-electron chi connectivity index (χ3n) is 2.69. The molecule has 0 fully saturated rings. The molecule has 0 aliphatic rings. The number of hydrogen-bond acceptors (Lipinski definition) is 4. The van der Waals surface area contributed by atoms with Crippen LogP contribution in [0.25, 0.3) is 0 Å². The quantitative estimate of drug-likeness (QED) is 0.343. The Morgan fingerprint density at radius 2 is 1.85 bits per heavy atom. The second kappa shape index (κ2) is 6.63. The molecular formula is C14H12ClNO3S. The van der Waals surface area contributed by atoms with Crippen molar-refractivity contribution in [3.8, 4) is 11.5 Å². The Morgan fingerprint density at radius 3 is 2.40 bits per heavy atom. The van der Waals surface area contributed by atoms with Crippen LogP contribution in [0.15, 0.2) is 47.4 Å². The molecule has 2 aromatic rings. The molecule has 0 bridgehead atoms. The maximum absolute atomic E-state index is 10.8. The van der Waals surface area contributed by atoms with Crippen LogP contribution in [0.1, 0.15) is 5.56 Å². The van der Waals surface area contributed by atoms with Crippen LogP contribution < -0.4 is 4.74 Å². The maximum Gasteiger partial charge on any atom is 0.274 e. The van der Waals surface area contributed by atoms with Crippen LogP contribution in [0.4, 0.5) is 5.69 Å². The van der Waals surface area contributed by atoms with Crippen molar-refractivity contribution in [3.63, 3.8) is 0 Å². The lowest BCUT2D eigenvalue weighted by atomic mass is 10.2. The number of nitro benzene ring substituents is 1. The molecule has 6 heteroatoms. The molecule has 4 nitrogen and oxygen atoms in total. The van der Waals surface area contributed by atoms with Crippen LogP contribution in [-0.2, 0) is 5.88 Å². The van der Waals surface area contributed by atoms with Crippen LogP contribution in [0.2, 0.25) is 0 Å². The highest BCUT2D eigenvalue weighted by Gasteiger charge is 2.13. The van der Waals surface area contributed by atoms with Gasteiger partial charge in [-0.1, -0.05) is 0 Å². The lowest BCUT2D eigenvalue weighted by Gasteiger charge is -2.07. The van der Waals surface area contributed by atoms with Crippen LogP contribution >= 0.6 is 23.4 Å². The van der Waals surface area contributed by atoms with E-state index >= 15 is 0 Å². The molecule has 0 N–H and O–H groups in total. The third-order valence-corrected chi connectivity index (χ3v) is 3.72. The number of nitrogens with zero attached hydrogens (tertiary/aromatic N) is 1. The van der Waals surface area contributed by atoms with E-state index in [1.807, 2.05) is 30.5 Å². The van der Waals surface area contributed by atoms with E-state index < -0.39 is 4.92 Å². The van der Waals surface area contributed by atoms with Gasteiger partial charge in [0.25, 0.3) is 5.69 Å². The summed E-state index contributed by atoms with van der Waals surface area (Å²) in [5.41, 5.74) is 0.444. The van der Waals surface area contributed by atoms with Gasteiger partial charge in [-0.05, 0) is 42.7 Å². The Bertz CT molecular complexity index is 616. The predicted molar refractivity (Wildman–Crippen MR) is 81.0 cm³/mol. The highest BCUT2D eigenvalue weighted by Crippen LogP contribution is 2.29. The minimum absolute atomic E-state index is 0.00470. The van der Waals surface area contributed by atoms with Crippen molar-refractivity contribution in [3.05, 3.63) is 58.1 Å². The van der Waals surface area contributed by atoms with E-state index in [0.29, 0.717) is 17.1 Å². The zero-order valence-corrected chi connectivity index (χ0v) is 12.3. The number of rotatable bonds is 5. The first kappa shape index (κ1) is 14.7. The first-order valence-corrected chi connectivity index (χ1v) is 7.55. The van der Waals surface area contributed by atoms with Gasteiger partial charge in [0, 0.05) is 16.5 Å². The molecule has 0 aliphatic carbocycles. The molecule has 2 aromatic carbocycles. The Labute approximate surface area is 125 Å². The molecule has 0 spiro atoms. The van der Waals surface area contributed by atoms with E-state index in [9.17, 15) is 10.1 Å². The summed E-state index contributed by atoms with van der Waals surface area (Å²) in [7, 11) is 0. The van der Waals surface area contributed by atoms with Gasteiger partial charge < -0.3 is 4.74 Å². The molecule has 0 heterocycles. The number of halogens is 1. The van der Waals surface area contributed by atoms with E-state index in [4.69, 9.17) is 16.3 Å². The molecule has 0 saturated heterocycles. The summed E-state index contributed by atoms with van der Waals surface area (Å²) in [6.45, 7) is 0. The van der Waals surface area contributed by atoms with Gasteiger partial charge in [-0.25, -0.2) is 0 Å². The molecule has 104 valence electrons. The Kier molecular flexibility index (Phi) is 4.87. The Morgan fingerprint density at radius 1 is 1.20 bits per heavy atom. The number of alkyl halides is 1. The summed E-state index contributed by atoms with van der Waals surface area (Å²) >= 11 is 7.37. The smallest absolute Gasteiger partial charge is 0.274 e. The van der Waals surface area contributed by atoms with Crippen molar-refractivity contribution in [2.24, 2.45) is 0 Å². The zero-order valence-electron chi connectivity index (χ0n) is 10.7. The number of benzene rings is 2. The highest BCUT2D eigenvalue weighted by molar-refractivity contribution is 7.98. The van der Waals surface area contributed by atoms with E-state index in [0.717, 1.165) is 4.90 Å². The van der Waals surface area contributed by atoms with Crippen molar-refractivity contribution in [2.75, 3.05) is 6.26 Å². The van der Waals surface area contributed by atoms with Gasteiger partial charge in [0.15, 0.2) is 0 Å². The van der Waals surface area contributed by atoms with Gasteiger partial charge in [0.05, 0.1) is 10.8 Å². The summed E-state index contributed by atoms with van der Waals surface area (Å²) in [6.07, 6.45) is 2.00. The average Bonchev–Trinajstić information content (AvgIpc) is 2.47. The number of ether oxygens (including phenoxy) is 1. The van der Waals surface area contributed by atoms with Gasteiger partial charge in [-0.2, -0.15) is 0 Å². The normalized spacial score (nSPS) is 10.3. The number of hydrogen-bond donors (Lipinski definition) is 0. The van der Waals surface area contributed by atoms with Crippen LogP contribution in [0, 0.1) is 10.1 Å². The van der Waals surface area contributed by atoms with E-state index in [2.05, 4.69) is 0 Å². The summed E-state index contributed by atoms with van der Waals surface area (Å²) in [5.74, 6) is 1.28. The lowest BCUT2D eigenvalue weighted by Crippen LogP contribution is -1.94. The molecule has 20 heavy (non-hydrogen) atoms. The molecule has 0 unspecified atom stereocenters. The first-order valence-electron chi connectivity index (χ1n) is 5.79. The summed E-state index contributed by atoms with van der Waals surface area (Å²) in [5, 5.41) is 10.8. The Balaban J connectivity index is 2.22. The van der Waals surface area contributed by atoms with Crippen molar-refractivity contribution >= 4 is 29.1 Å². The van der Waals surface area contributed by atoms with Crippen molar-refractivity contribution in [2.45, 2.75) is 10.8 Å². The summed E-state index contributed by atoms with van der Waals surface area (Å²) in [4.78, 5) is 11.5. The predicted octanol–water partition coefficient (Wildman–Crippen LogP) is 4.85. The zero-order chi connectivity index (χ0) is 14.5. The second-order valence-electron chi connectivity index (χ2n) is 3.96. The average molecular weight is 310 g/mol. The molecule has 0 saturated carbocycles. The summed E-state index contributed by atoms with van der Waals surface area (Å²) < 4.78 is 5.66. The SMILES string of the molecule is CSc1ccc(Oc2ccc([N+](=O)[O-])c(CCl)c2)cc1. The number of thioether (sulfide) groups is 1. The maximum atomic E-state index is 10.8. The largest absolute Gasteiger partial charge is 0.457 e. The fourth-order valence-electron chi connectivity index (χ4n) is 1.69. The minimum Gasteiger partial charge on any atom is -0.457 e. The van der Waals surface area contributed by atoms with Crippen molar-refractivity contribution in [1.82, 2.24) is 0 Å². The first-order chi connectivity index (χ1) is 9.63. The van der Waals surface area contributed by atoms with E-state index in [1.54, 1.807) is 23.9 Å². The molecule has 0 radical (unpaired) electrons. The van der Waals surface area contributed by atoms with Gasteiger partial charge in [0.1, 0.15) is 11.5 Å². The molecular weight excluding hydrogens is 298 g/mol. The van der Waals surface area contributed by atoms with Gasteiger partial charge in [-0.15, -0.1) is 23.4 Å². The third kappa shape index (κ3) is 3.43. The Hall–Kier alpha value is -1.72. The van der Waals surface area contributed by atoms with Crippen molar-refractivity contribution < 1.29 is 9.66 Å². The monoisotopic (exact) mass is 309 g/mol. The molecule has 0 amide bonds. The topological polar surface area (TPSA) is 52.4 Å². The highest BCUT2D eigenvalue weighted by atomic mass is 35.5. The molecule has 2 rings (SSSR count). The molecule has 0 atom stereocenters. The fourth-order valence-corrected chi connectivity index (χ4v) is 2.31. The van der Waals surface area contributed by atoms with Crippen molar-refractivity contribution in [1.29, 1.82) is 0 Å². The van der Waals surface area contributed by atoms with Gasteiger partial charge >= 0.3 is 0 Å². The van der Waals surface area contributed by atoms with Crippen LogP contribution in [0.5, 0.6) is 11.5 Å². The molecule has 0 aliphatic heterocycles. The van der Waals surface area contributed by atoms with E-state index in [-0.39, 0.29) is 11.6 Å². The van der Waals surface area contributed by atoms with Crippen LogP contribution in [0.3, 0.4) is 0 Å². The lowest BCUT2D eigenvalue weighted by molar-refractivity contribution is -0.385. The second-order valence-corrected chi connectivity index (χ2v) is 5.11. The van der Waals surface area contributed by atoms with E-state index in [1.165, 1.54) is 6.07 Å². The fraction of sp³-hybridized carbons (Fsp3) is 0.143. The van der Waals surface area contributed by atoms with Crippen LogP contribution in [-0.4, -0.2) is 11.2 Å². The minimum atomic E-state index is -0.450. The number of nitro groups is 1. The summed E-state index contributed by atoms with van der Waals surface area (Å²) in [6, 6.07) is 12.2. The van der Waals surface area contributed by atoms with Gasteiger partial charge in [-0.3, -0.25) is 10.1 Å². The standard InChI is InChI=1S/C14H12ClNO3S/c1-20-13-5-2-11(3-6-13)19-12-4-7-14(16(17)18)10(8-12)9-15/h2-8H,9H2,1H3. The molecule has 0 aromatic heterocycles.